The predicted octanol–water partition coefficient (Wildman–Crippen LogP) is 0.250. The van der Waals surface area contributed by atoms with Crippen molar-refractivity contribution in [1.82, 2.24) is 14.5 Å². The second-order valence-corrected chi connectivity index (χ2v) is 3.86. The minimum atomic E-state index is -0.757. The van der Waals surface area contributed by atoms with Gasteiger partial charge in [-0.25, -0.2) is 9.97 Å². The van der Waals surface area contributed by atoms with E-state index >= 15 is 0 Å². The molecule has 0 fully saturated rings. The lowest BCUT2D eigenvalue weighted by Gasteiger charge is -2.10. The number of nitrogens with zero attached hydrogens (tertiary/aromatic N) is 3. The molecule has 2 aromatic rings. The minimum absolute atomic E-state index is 0.0643. The van der Waals surface area contributed by atoms with Crippen LogP contribution in [0.2, 0.25) is 0 Å². The summed E-state index contributed by atoms with van der Waals surface area (Å²) in [5, 5.41) is 0. The molecular weight excluding hydrogens is 232 g/mol. The molecule has 0 aliphatic carbocycles. The normalized spacial score (nSPS) is 10.3. The van der Waals surface area contributed by atoms with E-state index in [2.05, 4.69) is 9.97 Å². The van der Waals surface area contributed by atoms with Crippen molar-refractivity contribution in [2.75, 3.05) is 0 Å². The van der Waals surface area contributed by atoms with E-state index < -0.39 is 11.5 Å². The molecule has 2 rings (SSSR count). The molecule has 2 heterocycles. The first-order valence-electron chi connectivity index (χ1n) is 5.30. The summed E-state index contributed by atoms with van der Waals surface area (Å²) >= 11 is 0. The molecule has 0 spiro atoms. The van der Waals surface area contributed by atoms with Gasteiger partial charge in [-0.15, -0.1) is 0 Å². The monoisotopic (exact) mass is 244 g/mol. The Morgan fingerprint density at radius 1 is 1.33 bits per heavy atom. The Kier molecular flexibility index (Phi) is 2.93. The zero-order valence-corrected chi connectivity index (χ0v) is 10.0. The van der Waals surface area contributed by atoms with Gasteiger partial charge in [0.2, 0.25) is 0 Å². The highest BCUT2D eigenvalue weighted by Gasteiger charge is 2.15. The summed E-state index contributed by atoms with van der Waals surface area (Å²) in [6.07, 6.45) is 3.19. The van der Waals surface area contributed by atoms with Crippen molar-refractivity contribution in [3.8, 4) is 11.4 Å². The number of aromatic nitrogens is 3. The van der Waals surface area contributed by atoms with Crippen molar-refractivity contribution in [3.05, 3.63) is 46.1 Å². The van der Waals surface area contributed by atoms with E-state index in [-0.39, 0.29) is 5.56 Å². The van der Waals surface area contributed by atoms with Crippen molar-refractivity contribution in [2.45, 2.75) is 6.92 Å². The fraction of sp³-hybridized carbons (Fsp3) is 0.167. The number of nitrogens with two attached hydrogens (primary N) is 1. The van der Waals surface area contributed by atoms with E-state index in [1.807, 2.05) is 0 Å². The molecule has 1 amide bonds. The molecule has 0 aliphatic rings. The van der Waals surface area contributed by atoms with Crippen molar-refractivity contribution in [2.24, 2.45) is 12.8 Å². The van der Waals surface area contributed by atoms with E-state index in [0.29, 0.717) is 17.1 Å². The third-order valence-electron chi connectivity index (χ3n) is 2.79. The van der Waals surface area contributed by atoms with Crippen molar-refractivity contribution < 1.29 is 4.79 Å². The van der Waals surface area contributed by atoms with Gasteiger partial charge in [-0.1, -0.05) is 0 Å². The number of carbonyl (C=O) groups is 1. The standard InChI is InChI=1S/C12H12N4O2/c1-7-8(11-14-4-3-5-15-11)6-9(10(13)17)12(18)16(7)2/h3-6H,1-2H3,(H2,13,17). The maximum Gasteiger partial charge on any atom is 0.263 e. The van der Waals surface area contributed by atoms with Crippen LogP contribution < -0.4 is 11.3 Å². The molecule has 0 radical (unpaired) electrons. The van der Waals surface area contributed by atoms with Gasteiger partial charge < -0.3 is 10.3 Å². The maximum absolute atomic E-state index is 11.8. The van der Waals surface area contributed by atoms with Gasteiger partial charge in [-0.05, 0) is 19.1 Å². The Bertz CT molecular complexity index is 662. The van der Waals surface area contributed by atoms with E-state index in [9.17, 15) is 9.59 Å². The number of hydrogen-bond donors (Lipinski definition) is 1. The first-order chi connectivity index (χ1) is 8.52. The summed E-state index contributed by atoms with van der Waals surface area (Å²) in [5.41, 5.74) is 6.00. The van der Waals surface area contributed by atoms with Crippen molar-refractivity contribution >= 4 is 5.91 Å². The highest BCUT2D eigenvalue weighted by Crippen LogP contribution is 2.18. The number of pyridine rings is 1. The van der Waals surface area contributed by atoms with Crippen molar-refractivity contribution in [3.63, 3.8) is 0 Å². The molecule has 6 nitrogen and oxygen atoms in total. The van der Waals surface area contributed by atoms with Crippen LogP contribution in [0.5, 0.6) is 0 Å². The van der Waals surface area contributed by atoms with Crippen LogP contribution in [0.15, 0.2) is 29.3 Å². The average Bonchev–Trinajstić information content (AvgIpc) is 2.37. The lowest BCUT2D eigenvalue weighted by molar-refractivity contribution is 0.0998. The molecular formula is C12H12N4O2. The first-order valence-corrected chi connectivity index (χ1v) is 5.30. The summed E-state index contributed by atoms with van der Waals surface area (Å²) in [6, 6.07) is 3.13. The van der Waals surface area contributed by atoms with Gasteiger partial charge in [0, 0.05) is 30.7 Å². The van der Waals surface area contributed by atoms with Gasteiger partial charge in [-0.2, -0.15) is 0 Å². The quantitative estimate of drug-likeness (QED) is 0.819. The molecule has 0 aromatic carbocycles. The molecule has 0 saturated heterocycles. The van der Waals surface area contributed by atoms with Gasteiger partial charge in [-0.3, -0.25) is 9.59 Å². The molecule has 2 aromatic heterocycles. The molecule has 0 unspecified atom stereocenters. The summed E-state index contributed by atoms with van der Waals surface area (Å²) in [4.78, 5) is 31.3. The van der Waals surface area contributed by atoms with Crippen LogP contribution in [0, 0.1) is 6.92 Å². The van der Waals surface area contributed by atoms with E-state index in [1.54, 1.807) is 32.4 Å². The number of hydrogen-bond acceptors (Lipinski definition) is 4. The first kappa shape index (κ1) is 12.0. The second-order valence-electron chi connectivity index (χ2n) is 3.86. The number of carbonyl (C=O) groups excluding carboxylic acids is 1. The van der Waals surface area contributed by atoms with Gasteiger partial charge in [0.15, 0.2) is 5.82 Å². The Labute approximate surface area is 103 Å². The molecule has 6 heteroatoms. The molecule has 2 N–H and O–H groups in total. The fourth-order valence-electron chi connectivity index (χ4n) is 1.67. The van der Waals surface area contributed by atoms with Crippen LogP contribution in [-0.4, -0.2) is 20.4 Å². The molecule has 92 valence electrons. The topological polar surface area (TPSA) is 90.9 Å². The zero-order valence-electron chi connectivity index (χ0n) is 10.0. The average molecular weight is 244 g/mol. The number of amides is 1. The van der Waals surface area contributed by atoms with Crippen LogP contribution in [0.4, 0.5) is 0 Å². The molecule has 0 atom stereocenters. The Morgan fingerprint density at radius 2 is 1.94 bits per heavy atom. The summed E-state index contributed by atoms with van der Waals surface area (Å²) in [6.45, 7) is 1.76. The fourth-order valence-corrected chi connectivity index (χ4v) is 1.67. The number of primary amides is 1. The van der Waals surface area contributed by atoms with Gasteiger partial charge in [0.25, 0.3) is 11.5 Å². The highest BCUT2D eigenvalue weighted by molar-refractivity contribution is 5.93. The van der Waals surface area contributed by atoms with Crippen LogP contribution >= 0.6 is 0 Å². The molecule has 18 heavy (non-hydrogen) atoms. The summed E-state index contributed by atoms with van der Waals surface area (Å²) < 4.78 is 1.37. The Hall–Kier alpha value is -2.50. The molecule has 0 bridgehead atoms. The third kappa shape index (κ3) is 1.88. The maximum atomic E-state index is 11.8. The number of rotatable bonds is 2. The van der Waals surface area contributed by atoms with Gasteiger partial charge in [0.05, 0.1) is 0 Å². The smallest absolute Gasteiger partial charge is 0.263 e. The molecule has 0 aliphatic heterocycles. The molecule has 0 saturated carbocycles. The predicted molar refractivity (Wildman–Crippen MR) is 66.0 cm³/mol. The van der Waals surface area contributed by atoms with E-state index in [1.165, 1.54) is 10.6 Å². The van der Waals surface area contributed by atoms with Crippen LogP contribution in [0.25, 0.3) is 11.4 Å². The second kappa shape index (κ2) is 4.40. The summed E-state index contributed by atoms with van der Waals surface area (Å²) in [7, 11) is 1.58. The van der Waals surface area contributed by atoms with E-state index in [4.69, 9.17) is 5.73 Å². The Balaban J connectivity index is 2.77. The largest absolute Gasteiger partial charge is 0.365 e. The van der Waals surface area contributed by atoms with Crippen LogP contribution in [-0.2, 0) is 7.05 Å². The minimum Gasteiger partial charge on any atom is -0.365 e. The van der Waals surface area contributed by atoms with Crippen molar-refractivity contribution in [1.29, 1.82) is 0 Å². The Morgan fingerprint density at radius 3 is 2.50 bits per heavy atom. The summed E-state index contributed by atoms with van der Waals surface area (Å²) in [5.74, 6) is -0.305. The zero-order chi connectivity index (χ0) is 13.3. The van der Waals surface area contributed by atoms with Gasteiger partial charge >= 0.3 is 0 Å². The SMILES string of the molecule is Cc1c(-c2ncccn2)cc(C(N)=O)c(=O)n1C. The third-order valence-corrected chi connectivity index (χ3v) is 2.79. The van der Waals surface area contributed by atoms with Crippen LogP contribution in [0.3, 0.4) is 0 Å². The highest BCUT2D eigenvalue weighted by atomic mass is 16.2. The lowest BCUT2D eigenvalue weighted by Crippen LogP contribution is -2.29. The lowest BCUT2D eigenvalue weighted by atomic mass is 10.1. The van der Waals surface area contributed by atoms with E-state index in [0.717, 1.165) is 0 Å². The van der Waals surface area contributed by atoms with Crippen LogP contribution in [0.1, 0.15) is 16.1 Å². The van der Waals surface area contributed by atoms with Gasteiger partial charge in [0.1, 0.15) is 5.56 Å².